The number of hydrogen-bond donors (Lipinski definition) is 2. The monoisotopic (exact) mass is 222 g/mol. The molecular weight excluding hydrogens is 214 g/mol. The molecule has 7 heteroatoms. The van der Waals surface area contributed by atoms with Gasteiger partial charge in [-0.15, -0.1) is 0 Å². The second kappa shape index (κ2) is 4.36. The Morgan fingerprint density at radius 3 is 2.64 bits per heavy atom. The molecule has 0 aliphatic carbocycles. The van der Waals surface area contributed by atoms with E-state index in [1.54, 1.807) is 0 Å². The molecule has 4 nitrogen and oxygen atoms in total. The van der Waals surface area contributed by atoms with Crippen LogP contribution in [0.5, 0.6) is 0 Å². The van der Waals surface area contributed by atoms with Crippen LogP contribution in [0.2, 0.25) is 5.15 Å². The van der Waals surface area contributed by atoms with E-state index < -0.39 is 12.5 Å². The zero-order valence-electron chi connectivity index (χ0n) is 7.34. The van der Waals surface area contributed by atoms with Crippen molar-refractivity contribution in [2.45, 2.75) is 19.4 Å². The van der Waals surface area contributed by atoms with Crippen molar-refractivity contribution < 1.29 is 8.78 Å². The number of rotatable bonds is 3. The molecule has 3 N–H and O–H groups in total. The van der Waals surface area contributed by atoms with Gasteiger partial charge >= 0.3 is 0 Å². The lowest BCUT2D eigenvalue weighted by molar-refractivity contribution is 0.130. The molecule has 0 aliphatic rings. The first kappa shape index (κ1) is 10.9. The fourth-order valence-corrected chi connectivity index (χ4v) is 0.995. The minimum Gasteiger partial charge on any atom is -0.368 e. The first-order valence-corrected chi connectivity index (χ1v) is 4.21. The average molecular weight is 223 g/mol. The van der Waals surface area contributed by atoms with Gasteiger partial charge in [-0.1, -0.05) is 11.6 Å². The quantitative estimate of drug-likeness (QED) is 0.766. The van der Waals surface area contributed by atoms with Gasteiger partial charge in [-0.25, -0.2) is 13.8 Å². The summed E-state index contributed by atoms with van der Waals surface area (Å²) in [5, 5.41) is 2.57. The van der Waals surface area contributed by atoms with Gasteiger partial charge in [0.15, 0.2) is 0 Å². The highest BCUT2D eigenvalue weighted by molar-refractivity contribution is 6.29. The Bertz CT molecular complexity index is 300. The number of nitrogens with two attached hydrogens (primary N) is 1. The Kier molecular flexibility index (Phi) is 3.40. The maximum atomic E-state index is 12.1. The minimum atomic E-state index is -2.48. The molecule has 0 saturated heterocycles. The summed E-state index contributed by atoms with van der Waals surface area (Å²) in [6.45, 7) is 1.33. The van der Waals surface area contributed by atoms with E-state index >= 15 is 0 Å². The van der Waals surface area contributed by atoms with Crippen LogP contribution in [-0.4, -0.2) is 22.4 Å². The molecule has 0 fully saturated rings. The van der Waals surface area contributed by atoms with Crippen molar-refractivity contribution in [3.8, 4) is 0 Å². The van der Waals surface area contributed by atoms with Gasteiger partial charge in [0.2, 0.25) is 5.95 Å². The summed E-state index contributed by atoms with van der Waals surface area (Å²) in [5.74, 6) is 0.136. The molecule has 14 heavy (non-hydrogen) atoms. The Labute approximate surface area is 84.5 Å². The van der Waals surface area contributed by atoms with Gasteiger partial charge in [0, 0.05) is 6.07 Å². The Balaban J connectivity index is 2.76. The third-order valence-electron chi connectivity index (χ3n) is 1.47. The van der Waals surface area contributed by atoms with E-state index in [9.17, 15) is 8.78 Å². The van der Waals surface area contributed by atoms with Gasteiger partial charge in [-0.3, -0.25) is 0 Å². The van der Waals surface area contributed by atoms with Crippen LogP contribution in [0.1, 0.15) is 6.92 Å². The number of anilines is 2. The molecule has 0 aliphatic heterocycles. The van der Waals surface area contributed by atoms with E-state index in [1.807, 2.05) is 0 Å². The third-order valence-corrected chi connectivity index (χ3v) is 1.66. The average Bonchev–Trinajstić information content (AvgIpc) is 2.01. The predicted octanol–water partition coefficient (Wildman–Crippen LogP) is 1.78. The second-order valence-electron chi connectivity index (χ2n) is 2.70. The second-order valence-corrected chi connectivity index (χ2v) is 3.09. The zero-order valence-corrected chi connectivity index (χ0v) is 8.09. The zero-order chi connectivity index (χ0) is 10.7. The van der Waals surface area contributed by atoms with Gasteiger partial charge < -0.3 is 11.1 Å². The smallest absolute Gasteiger partial charge is 0.258 e. The highest BCUT2D eigenvalue weighted by Gasteiger charge is 2.14. The molecule has 1 heterocycles. The fourth-order valence-electron chi connectivity index (χ4n) is 0.805. The first-order chi connectivity index (χ1) is 6.49. The topological polar surface area (TPSA) is 63.8 Å². The number of nitrogens with one attached hydrogen (secondary N) is 1. The largest absolute Gasteiger partial charge is 0.368 e. The van der Waals surface area contributed by atoms with Crippen LogP contribution in [0.15, 0.2) is 6.07 Å². The van der Waals surface area contributed by atoms with E-state index in [-0.39, 0.29) is 16.9 Å². The van der Waals surface area contributed by atoms with Crippen LogP contribution in [0.4, 0.5) is 20.5 Å². The Morgan fingerprint density at radius 2 is 2.14 bits per heavy atom. The lowest BCUT2D eigenvalue weighted by Gasteiger charge is -2.13. The summed E-state index contributed by atoms with van der Waals surface area (Å²) in [6, 6.07) is 0.317. The van der Waals surface area contributed by atoms with Crippen molar-refractivity contribution in [1.82, 2.24) is 9.97 Å². The van der Waals surface area contributed by atoms with Crippen molar-refractivity contribution in [2.24, 2.45) is 0 Å². The molecule has 0 amide bonds. The number of alkyl halides is 2. The van der Waals surface area contributed by atoms with Crippen LogP contribution in [-0.2, 0) is 0 Å². The molecule has 1 unspecified atom stereocenters. The highest BCUT2D eigenvalue weighted by atomic mass is 35.5. The van der Waals surface area contributed by atoms with Crippen LogP contribution in [0, 0.1) is 0 Å². The van der Waals surface area contributed by atoms with Crippen molar-refractivity contribution >= 4 is 23.4 Å². The van der Waals surface area contributed by atoms with E-state index in [0.29, 0.717) is 0 Å². The van der Waals surface area contributed by atoms with Crippen molar-refractivity contribution in [2.75, 3.05) is 11.1 Å². The molecule has 78 valence electrons. The van der Waals surface area contributed by atoms with Gasteiger partial charge in [0.05, 0.1) is 6.04 Å². The molecule has 1 aromatic heterocycles. The van der Waals surface area contributed by atoms with E-state index in [0.717, 1.165) is 0 Å². The van der Waals surface area contributed by atoms with Gasteiger partial charge in [-0.05, 0) is 6.92 Å². The number of nitrogen functional groups attached to an aromatic ring is 1. The first-order valence-electron chi connectivity index (χ1n) is 3.84. The summed E-state index contributed by atoms with van der Waals surface area (Å²) < 4.78 is 24.3. The lowest BCUT2D eigenvalue weighted by atomic mass is 10.3. The Hall–Kier alpha value is -1.17. The van der Waals surface area contributed by atoms with Crippen LogP contribution in [0.3, 0.4) is 0 Å². The van der Waals surface area contributed by atoms with Crippen LogP contribution < -0.4 is 11.1 Å². The van der Waals surface area contributed by atoms with Crippen LogP contribution >= 0.6 is 11.6 Å². The molecule has 1 rings (SSSR count). The lowest BCUT2D eigenvalue weighted by Crippen LogP contribution is -2.24. The van der Waals surface area contributed by atoms with E-state index in [4.69, 9.17) is 17.3 Å². The number of aromatic nitrogens is 2. The normalized spacial score (nSPS) is 12.9. The van der Waals surface area contributed by atoms with E-state index in [1.165, 1.54) is 13.0 Å². The number of halogens is 3. The molecule has 0 radical (unpaired) electrons. The summed E-state index contributed by atoms with van der Waals surface area (Å²) in [6.07, 6.45) is -2.48. The van der Waals surface area contributed by atoms with Gasteiger partial charge in [0.25, 0.3) is 6.43 Å². The molecule has 0 spiro atoms. The summed E-state index contributed by atoms with van der Waals surface area (Å²) >= 11 is 5.55. The van der Waals surface area contributed by atoms with Gasteiger partial charge in [0.1, 0.15) is 11.0 Å². The SMILES string of the molecule is CC(Nc1cc(Cl)nc(N)n1)C(F)F. The van der Waals surface area contributed by atoms with Crippen molar-refractivity contribution in [1.29, 1.82) is 0 Å². The number of nitrogens with zero attached hydrogens (tertiary/aromatic N) is 2. The minimum absolute atomic E-state index is 0.0542. The van der Waals surface area contributed by atoms with Crippen molar-refractivity contribution in [3.05, 3.63) is 11.2 Å². The molecule has 1 aromatic rings. The maximum Gasteiger partial charge on any atom is 0.258 e. The fraction of sp³-hybridized carbons (Fsp3) is 0.429. The van der Waals surface area contributed by atoms with E-state index in [2.05, 4.69) is 15.3 Å². The summed E-state index contributed by atoms with van der Waals surface area (Å²) in [7, 11) is 0. The summed E-state index contributed by atoms with van der Waals surface area (Å²) in [4.78, 5) is 7.29. The molecular formula is C7H9ClF2N4. The van der Waals surface area contributed by atoms with Gasteiger partial charge in [-0.2, -0.15) is 4.98 Å². The third kappa shape index (κ3) is 2.95. The summed E-state index contributed by atoms with van der Waals surface area (Å²) in [5.41, 5.74) is 5.28. The molecule has 0 aromatic carbocycles. The maximum absolute atomic E-state index is 12.1. The molecule has 1 atom stereocenters. The Morgan fingerprint density at radius 1 is 1.50 bits per heavy atom. The molecule has 0 bridgehead atoms. The number of hydrogen-bond acceptors (Lipinski definition) is 4. The standard InChI is InChI=1S/C7H9ClF2N4/c1-3(6(9)10)12-5-2-4(8)13-7(11)14-5/h2-3,6H,1H3,(H3,11,12,13,14). The van der Waals surface area contributed by atoms with Crippen molar-refractivity contribution in [3.63, 3.8) is 0 Å². The highest BCUT2D eigenvalue weighted by Crippen LogP contribution is 2.14. The predicted molar refractivity (Wildman–Crippen MR) is 50.5 cm³/mol. The molecule has 0 saturated carbocycles. The van der Waals surface area contributed by atoms with Crippen LogP contribution in [0.25, 0.3) is 0 Å².